The number of carboxylic acids is 2. The molecule has 8 heteroatoms. The van der Waals surface area contributed by atoms with Crippen LogP contribution in [0.2, 0.25) is 5.02 Å². The minimum absolute atomic E-state index is 0.451. The Hall–Kier alpha value is -2.32. The monoisotopic (exact) mass is 460 g/mol. The van der Waals surface area contributed by atoms with Gasteiger partial charge in [0.2, 0.25) is 0 Å². The summed E-state index contributed by atoms with van der Waals surface area (Å²) in [5, 5.41) is 16.5. The molecule has 4 rings (SSSR count). The van der Waals surface area contributed by atoms with Crippen molar-refractivity contribution in [2.24, 2.45) is 0 Å². The molecular formula is C23H25ClN2O4S. The quantitative estimate of drug-likeness (QED) is 0.669. The second-order valence-electron chi connectivity index (χ2n) is 7.44. The molecular weight excluding hydrogens is 436 g/mol. The van der Waals surface area contributed by atoms with E-state index in [1.807, 2.05) is 17.8 Å². The number of carboxylic acid groups (broad SMARTS) is 2. The average molecular weight is 461 g/mol. The van der Waals surface area contributed by atoms with Crippen molar-refractivity contribution in [1.29, 1.82) is 0 Å². The number of piperazine rings is 1. The Morgan fingerprint density at radius 3 is 2.29 bits per heavy atom. The predicted octanol–water partition coefficient (Wildman–Crippen LogP) is 4.05. The molecule has 0 bridgehead atoms. The summed E-state index contributed by atoms with van der Waals surface area (Å²) in [6.07, 6.45) is 2.16. The molecule has 1 fully saturated rings. The Balaban J connectivity index is 0.000000293. The molecule has 2 N–H and O–H groups in total. The zero-order chi connectivity index (χ0) is 22.4. The van der Waals surface area contributed by atoms with Crippen LogP contribution in [0, 0.1) is 0 Å². The number of rotatable bonds is 3. The molecule has 2 aliphatic heterocycles. The number of aliphatic carboxylic acids is 2. The summed E-state index contributed by atoms with van der Waals surface area (Å²) in [6, 6.07) is 15.6. The van der Waals surface area contributed by atoms with Crippen LogP contribution >= 0.6 is 23.4 Å². The normalized spacial score (nSPS) is 19.0. The third-order valence-corrected chi connectivity index (χ3v) is 7.00. The van der Waals surface area contributed by atoms with E-state index in [0.717, 1.165) is 37.6 Å². The van der Waals surface area contributed by atoms with Gasteiger partial charge >= 0.3 is 11.9 Å². The molecule has 0 aromatic heterocycles. The maximum atomic E-state index is 9.55. The van der Waals surface area contributed by atoms with Gasteiger partial charge in [-0.1, -0.05) is 53.7 Å². The van der Waals surface area contributed by atoms with Gasteiger partial charge in [0, 0.05) is 54.2 Å². The standard InChI is InChI=1S/C19H21ClN2S.C4H4O4/c1-21-9-11-22(12-10-21)17-13-14-5-4-7-16(20)19(14)23-18-8-3-2-6-15(17)18;5-3(6)1-2-4(7)8/h2-8,17H,9-13H2,1H3;1-2H,(H,5,6)(H,7,8)/b;2-1-. The Bertz CT molecular complexity index is 958. The van der Waals surface area contributed by atoms with Gasteiger partial charge in [-0.15, -0.1) is 0 Å². The molecule has 1 unspecified atom stereocenters. The molecule has 0 spiro atoms. The summed E-state index contributed by atoms with van der Waals surface area (Å²) in [5.41, 5.74) is 2.83. The smallest absolute Gasteiger partial charge is 0.328 e. The Labute approximate surface area is 191 Å². The summed E-state index contributed by atoms with van der Waals surface area (Å²) < 4.78 is 0. The van der Waals surface area contributed by atoms with Crippen molar-refractivity contribution in [3.63, 3.8) is 0 Å². The van der Waals surface area contributed by atoms with Crippen molar-refractivity contribution in [3.8, 4) is 0 Å². The van der Waals surface area contributed by atoms with Crippen LogP contribution in [0.15, 0.2) is 64.4 Å². The second kappa shape index (κ2) is 10.8. The van der Waals surface area contributed by atoms with Crippen LogP contribution in [0.1, 0.15) is 17.2 Å². The molecule has 0 radical (unpaired) electrons. The number of carbonyl (C=O) groups is 2. The molecule has 2 aliphatic rings. The van der Waals surface area contributed by atoms with Crippen molar-refractivity contribution in [2.75, 3.05) is 33.2 Å². The minimum Gasteiger partial charge on any atom is -0.478 e. The van der Waals surface area contributed by atoms with Crippen LogP contribution < -0.4 is 0 Å². The third kappa shape index (κ3) is 6.33. The minimum atomic E-state index is -1.26. The van der Waals surface area contributed by atoms with E-state index in [0.29, 0.717) is 18.2 Å². The number of hydrogen-bond donors (Lipinski definition) is 2. The first-order valence-corrected chi connectivity index (χ1v) is 11.2. The fraction of sp³-hybridized carbons (Fsp3) is 0.304. The molecule has 1 saturated heterocycles. The SMILES string of the molecule is CN1CCN(C2Cc3cccc(Cl)c3Sc3ccccc32)CC1.O=C(O)/C=C\C(=O)O. The van der Waals surface area contributed by atoms with E-state index in [-0.39, 0.29) is 0 Å². The van der Waals surface area contributed by atoms with E-state index in [1.54, 1.807) is 0 Å². The highest BCUT2D eigenvalue weighted by Crippen LogP contribution is 2.45. The van der Waals surface area contributed by atoms with Crippen molar-refractivity contribution in [2.45, 2.75) is 22.3 Å². The van der Waals surface area contributed by atoms with Gasteiger partial charge in [0.25, 0.3) is 0 Å². The van der Waals surface area contributed by atoms with Gasteiger partial charge in [-0.3, -0.25) is 4.90 Å². The third-order valence-electron chi connectivity index (χ3n) is 5.30. The first kappa shape index (κ1) is 23.3. The van der Waals surface area contributed by atoms with Crippen LogP contribution in [0.5, 0.6) is 0 Å². The van der Waals surface area contributed by atoms with E-state index >= 15 is 0 Å². The van der Waals surface area contributed by atoms with Gasteiger partial charge in [0.05, 0.1) is 5.02 Å². The molecule has 0 saturated carbocycles. The molecule has 31 heavy (non-hydrogen) atoms. The summed E-state index contributed by atoms with van der Waals surface area (Å²) in [5.74, 6) is -2.51. The van der Waals surface area contributed by atoms with Crippen molar-refractivity contribution in [3.05, 3.63) is 70.8 Å². The van der Waals surface area contributed by atoms with Crippen LogP contribution in [-0.2, 0) is 16.0 Å². The van der Waals surface area contributed by atoms with Gasteiger partial charge in [-0.05, 0) is 36.7 Å². The molecule has 0 amide bonds. The van der Waals surface area contributed by atoms with Gasteiger partial charge in [0.15, 0.2) is 0 Å². The summed E-state index contributed by atoms with van der Waals surface area (Å²) >= 11 is 8.32. The highest BCUT2D eigenvalue weighted by molar-refractivity contribution is 7.99. The van der Waals surface area contributed by atoms with Crippen LogP contribution in [-0.4, -0.2) is 65.2 Å². The lowest BCUT2D eigenvalue weighted by Gasteiger charge is -2.38. The lowest BCUT2D eigenvalue weighted by molar-refractivity contribution is -0.134. The molecule has 164 valence electrons. The van der Waals surface area contributed by atoms with Crippen molar-refractivity contribution in [1.82, 2.24) is 9.80 Å². The molecule has 2 aromatic carbocycles. The van der Waals surface area contributed by atoms with E-state index in [1.165, 1.54) is 20.9 Å². The Kier molecular flexibility index (Phi) is 8.15. The number of fused-ring (bicyclic) bond motifs is 2. The van der Waals surface area contributed by atoms with Crippen LogP contribution in [0.3, 0.4) is 0 Å². The maximum absolute atomic E-state index is 9.55. The van der Waals surface area contributed by atoms with E-state index in [4.69, 9.17) is 21.8 Å². The van der Waals surface area contributed by atoms with Gasteiger partial charge in [-0.2, -0.15) is 0 Å². The lowest BCUT2D eigenvalue weighted by atomic mass is 9.96. The lowest BCUT2D eigenvalue weighted by Crippen LogP contribution is -2.46. The van der Waals surface area contributed by atoms with E-state index in [2.05, 4.69) is 53.2 Å². The van der Waals surface area contributed by atoms with Crippen LogP contribution in [0.25, 0.3) is 0 Å². The van der Waals surface area contributed by atoms with E-state index in [9.17, 15) is 9.59 Å². The van der Waals surface area contributed by atoms with Crippen LogP contribution in [0.4, 0.5) is 0 Å². The number of likely N-dealkylation sites (N-methyl/N-ethyl adjacent to an activating group) is 1. The first-order valence-electron chi connectivity index (χ1n) is 9.96. The summed E-state index contributed by atoms with van der Waals surface area (Å²) in [7, 11) is 2.21. The average Bonchev–Trinajstić information content (AvgIpc) is 2.91. The fourth-order valence-corrected chi connectivity index (χ4v) is 5.15. The maximum Gasteiger partial charge on any atom is 0.328 e. The van der Waals surface area contributed by atoms with Gasteiger partial charge in [0.1, 0.15) is 0 Å². The Morgan fingerprint density at radius 1 is 1.00 bits per heavy atom. The van der Waals surface area contributed by atoms with Crippen molar-refractivity contribution < 1.29 is 19.8 Å². The largest absolute Gasteiger partial charge is 0.478 e. The Morgan fingerprint density at radius 2 is 1.65 bits per heavy atom. The first-order chi connectivity index (χ1) is 14.8. The number of halogens is 1. The fourth-order valence-electron chi connectivity index (χ4n) is 3.71. The number of nitrogens with zero attached hydrogens (tertiary/aromatic N) is 2. The summed E-state index contributed by atoms with van der Waals surface area (Å²) in [4.78, 5) is 26.8. The van der Waals surface area contributed by atoms with E-state index < -0.39 is 11.9 Å². The highest BCUT2D eigenvalue weighted by Gasteiger charge is 2.29. The molecule has 1 atom stereocenters. The molecule has 2 aromatic rings. The molecule has 0 aliphatic carbocycles. The highest BCUT2D eigenvalue weighted by atomic mass is 35.5. The zero-order valence-electron chi connectivity index (χ0n) is 17.2. The predicted molar refractivity (Wildman–Crippen MR) is 122 cm³/mol. The topological polar surface area (TPSA) is 81.1 Å². The number of benzene rings is 2. The zero-order valence-corrected chi connectivity index (χ0v) is 18.8. The second-order valence-corrected chi connectivity index (χ2v) is 8.90. The number of hydrogen-bond acceptors (Lipinski definition) is 5. The molecule has 2 heterocycles. The molecule has 6 nitrogen and oxygen atoms in total. The summed E-state index contributed by atoms with van der Waals surface area (Å²) in [6.45, 7) is 4.56. The van der Waals surface area contributed by atoms with Crippen molar-refractivity contribution >= 4 is 35.3 Å². The van der Waals surface area contributed by atoms with Gasteiger partial charge in [-0.25, -0.2) is 9.59 Å². The van der Waals surface area contributed by atoms with Gasteiger partial charge < -0.3 is 15.1 Å².